The molecule has 1 aliphatic carbocycles. The summed E-state index contributed by atoms with van der Waals surface area (Å²) in [5, 5.41) is 15.2. The van der Waals surface area contributed by atoms with E-state index < -0.39 is 11.5 Å². The van der Waals surface area contributed by atoms with E-state index in [0.29, 0.717) is 24.6 Å². The molecule has 0 spiro atoms. The second-order valence-electron chi connectivity index (χ2n) is 5.18. The van der Waals surface area contributed by atoms with Crippen molar-refractivity contribution in [2.45, 2.75) is 56.2 Å². The first-order valence-corrected chi connectivity index (χ1v) is 8.11. The monoisotopic (exact) mass is 288 g/mol. The smallest absolute Gasteiger partial charge is 0.329 e. The van der Waals surface area contributed by atoms with Crippen LogP contribution >= 0.6 is 11.8 Å². The lowest BCUT2D eigenvalue weighted by Gasteiger charge is -2.29. The van der Waals surface area contributed by atoms with Gasteiger partial charge in [-0.3, -0.25) is 0 Å². The van der Waals surface area contributed by atoms with E-state index in [-0.39, 0.29) is 6.03 Å². The van der Waals surface area contributed by atoms with Crippen molar-refractivity contribution < 1.29 is 14.7 Å². The largest absolute Gasteiger partial charge is 0.480 e. The number of carbonyl (C=O) groups excluding carboxylic acids is 1. The molecule has 1 aliphatic rings. The van der Waals surface area contributed by atoms with Gasteiger partial charge < -0.3 is 15.7 Å². The van der Waals surface area contributed by atoms with Crippen molar-refractivity contribution in [3.8, 4) is 0 Å². The summed E-state index contributed by atoms with van der Waals surface area (Å²) in [4.78, 5) is 23.4. The minimum Gasteiger partial charge on any atom is -0.480 e. The topological polar surface area (TPSA) is 78.4 Å². The quantitative estimate of drug-likeness (QED) is 0.678. The molecule has 1 rings (SSSR count). The minimum absolute atomic E-state index is 0.320. The van der Waals surface area contributed by atoms with Crippen molar-refractivity contribution in [3.63, 3.8) is 0 Å². The molecular weight excluding hydrogens is 264 g/mol. The number of carboxylic acid groups (broad SMARTS) is 1. The van der Waals surface area contributed by atoms with Crippen LogP contribution in [-0.2, 0) is 4.79 Å². The molecule has 0 radical (unpaired) electrons. The molecule has 0 aromatic rings. The van der Waals surface area contributed by atoms with Gasteiger partial charge in [0.2, 0.25) is 0 Å². The van der Waals surface area contributed by atoms with E-state index in [1.54, 1.807) is 11.8 Å². The van der Waals surface area contributed by atoms with Crippen LogP contribution < -0.4 is 10.6 Å². The van der Waals surface area contributed by atoms with E-state index in [1.165, 1.54) is 0 Å². The van der Waals surface area contributed by atoms with Gasteiger partial charge in [-0.05, 0) is 19.1 Å². The zero-order valence-electron chi connectivity index (χ0n) is 11.7. The molecule has 19 heavy (non-hydrogen) atoms. The van der Waals surface area contributed by atoms with Gasteiger partial charge in [-0.15, -0.1) is 0 Å². The second kappa shape index (κ2) is 7.62. The van der Waals surface area contributed by atoms with Crippen LogP contribution in [0, 0.1) is 0 Å². The van der Waals surface area contributed by atoms with Crippen LogP contribution in [0.4, 0.5) is 4.79 Å². The lowest BCUT2D eigenvalue weighted by Crippen LogP contribution is -2.57. The van der Waals surface area contributed by atoms with Crippen LogP contribution in [-0.4, -0.2) is 40.7 Å². The summed E-state index contributed by atoms with van der Waals surface area (Å²) >= 11 is 1.66. The Morgan fingerprint density at radius 3 is 2.32 bits per heavy atom. The van der Waals surface area contributed by atoms with Crippen molar-refractivity contribution in [2.24, 2.45) is 0 Å². The van der Waals surface area contributed by atoms with E-state index in [4.69, 9.17) is 0 Å². The fraction of sp³-hybridized carbons (Fsp3) is 0.846. The molecule has 2 amide bonds. The van der Waals surface area contributed by atoms with E-state index in [0.717, 1.165) is 25.7 Å². The third-order valence-corrected chi connectivity index (χ3v) is 4.64. The first kappa shape index (κ1) is 16.1. The Hall–Kier alpha value is -0.910. The summed E-state index contributed by atoms with van der Waals surface area (Å²) in [6.07, 6.45) is 6.82. The van der Waals surface area contributed by atoms with Crippen LogP contribution in [0.15, 0.2) is 0 Å². The number of carbonyl (C=O) groups is 2. The van der Waals surface area contributed by atoms with Gasteiger partial charge in [0.1, 0.15) is 5.54 Å². The van der Waals surface area contributed by atoms with E-state index in [2.05, 4.69) is 10.6 Å². The molecule has 0 aromatic heterocycles. The van der Waals surface area contributed by atoms with Crippen LogP contribution in [0.2, 0.25) is 0 Å². The van der Waals surface area contributed by atoms with E-state index in [9.17, 15) is 14.7 Å². The second-order valence-corrected chi connectivity index (χ2v) is 6.46. The molecular formula is C13H24N2O3S. The Kier molecular flexibility index (Phi) is 6.48. The van der Waals surface area contributed by atoms with E-state index in [1.807, 2.05) is 13.2 Å². The number of hydrogen-bond donors (Lipinski definition) is 3. The Bertz CT molecular complexity index is 315. The molecule has 0 heterocycles. The molecule has 5 nitrogen and oxygen atoms in total. The third kappa shape index (κ3) is 4.93. The third-order valence-electron chi connectivity index (χ3n) is 3.67. The number of nitrogens with one attached hydrogen (secondary N) is 2. The highest BCUT2D eigenvalue weighted by molar-refractivity contribution is 7.99. The Labute approximate surface area is 118 Å². The molecule has 3 N–H and O–H groups in total. The van der Waals surface area contributed by atoms with Gasteiger partial charge in [0.25, 0.3) is 0 Å². The van der Waals surface area contributed by atoms with Crippen LogP contribution in [0.5, 0.6) is 0 Å². The molecule has 0 aromatic carbocycles. The molecule has 1 saturated carbocycles. The Morgan fingerprint density at radius 1 is 1.26 bits per heavy atom. The van der Waals surface area contributed by atoms with Gasteiger partial charge >= 0.3 is 12.0 Å². The fourth-order valence-electron chi connectivity index (χ4n) is 2.31. The normalized spacial score (nSPS) is 20.1. The molecule has 1 atom stereocenters. The lowest BCUT2D eigenvalue weighted by atomic mass is 9.90. The molecule has 0 aliphatic heterocycles. The lowest BCUT2D eigenvalue weighted by molar-refractivity contribution is -0.145. The van der Waals surface area contributed by atoms with Crippen molar-refractivity contribution in [3.05, 3.63) is 0 Å². The fourth-order valence-corrected chi connectivity index (χ4v) is 2.56. The highest BCUT2D eigenvalue weighted by atomic mass is 32.2. The Morgan fingerprint density at radius 2 is 1.84 bits per heavy atom. The highest BCUT2D eigenvalue weighted by Crippen LogP contribution is 2.27. The van der Waals surface area contributed by atoms with Crippen LogP contribution in [0.25, 0.3) is 0 Å². The average Bonchev–Trinajstić information content (AvgIpc) is 2.62. The van der Waals surface area contributed by atoms with Crippen molar-refractivity contribution in [1.82, 2.24) is 10.6 Å². The number of aliphatic carboxylic acids is 1. The first-order chi connectivity index (χ1) is 9.00. The predicted molar refractivity (Wildman–Crippen MR) is 77.6 cm³/mol. The molecule has 0 saturated heterocycles. The standard InChI is InChI=1S/C13H24N2O3S/c1-10(19-2)9-14-12(18)15-13(11(16)17)7-5-3-4-6-8-13/h10H,3-9H2,1-2H3,(H,16,17)(H2,14,15,18). The van der Waals surface area contributed by atoms with Crippen molar-refractivity contribution in [1.29, 1.82) is 0 Å². The van der Waals surface area contributed by atoms with Crippen molar-refractivity contribution >= 4 is 23.8 Å². The number of carboxylic acids is 1. The predicted octanol–water partition coefficient (Wildman–Crippen LogP) is 2.21. The maximum Gasteiger partial charge on any atom is 0.329 e. The van der Waals surface area contributed by atoms with Gasteiger partial charge in [-0.2, -0.15) is 11.8 Å². The summed E-state index contributed by atoms with van der Waals surface area (Å²) in [6, 6.07) is -0.370. The molecule has 6 heteroatoms. The number of hydrogen-bond acceptors (Lipinski definition) is 3. The van der Waals surface area contributed by atoms with E-state index >= 15 is 0 Å². The molecule has 110 valence electrons. The van der Waals surface area contributed by atoms with Crippen molar-refractivity contribution in [2.75, 3.05) is 12.8 Å². The van der Waals surface area contributed by atoms with Gasteiger partial charge in [0, 0.05) is 11.8 Å². The Balaban J connectivity index is 2.57. The highest BCUT2D eigenvalue weighted by Gasteiger charge is 2.40. The summed E-state index contributed by atoms with van der Waals surface area (Å²) < 4.78 is 0. The van der Waals surface area contributed by atoms with Crippen LogP contribution in [0.3, 0.4) is 0 Å². The molecule has 1 fully saturated rings. The number of thioether (sulfide) groups is 1. The molecule has 1 unspecified atom stereocenters. The molecule has 0 bridgehead atoms. The summed E-state index contributed by atoms with van der Waals surface area (Å²) in [5.74, 6) is -0.914. The number of amides is 2. The first-order valence-electron chi connectivity index (χ1n) is 6.82. The summed E-state index contributed by atoms with van der Waals surface area (Å²) in [7, 11) is 0. The van der Waals surface area contributed by atoms with Gasteiger partial charge in [0.05, 0.1) is 0 Å². The number of rotatable bonds is 5. The zero-order chi connectivity index (χ0) is 14.3. The number of urea groups is 1. The van der Waals surface area contributed by atoms with Gasteiger partial charge in [0.15, 0.2) is 0 Å². The van der Waals surface area contributed by atoms with Gasteiger partial charge in [-0.25, -0.2) is 9.59 Å². The zero-order valence-corrected chi connectivity index (χ0v) is 12.5. The summed E-state index contributed by atoms with van der Waals surface area (Å²) in [6.45, 7) is 2.56. The average molecular weight is 288 g/mol. The van der Waals surface area contributed by atoms with Gasteiger partial charge in [-0.1, -0.05) is 32.6 Å². The van der Waals surface area contributed by atoms with Crippen LogP contribution in [0.1, 0.15) is 45.4 Å². The SMILES string of the molecule is CSC(C)CNC(=O)NC1(C(=O)O)CCCCCC1. The summed E-state index contributed by atoms with van der Waals surface area (Å²) in [5.41, 5.74) is -1.08. The maximum absolute atomic E-state index is 11.9. The maximum atomic E-state index is 11.9. The minimum atomic E-state index is -1.08.